The van der Waals surface area contributed by atoms with Gasteiger partial charge in [0.2, 0.25) is 5.91 Å². The molecule has 3 rings (SSSR count). The summed E-state index contributed by atoms with van der Waals surface area (Å²) in [5.74, 6) is 0.671. The van der Waals surface area contributed by atoms with Crippen LogP contribution in [-0.2, 0) is 11.2 Å². The molecule has 136 valence electrons. The first-order valence-corrected chi connectivity index (χ1v) is 9.10. The number of ether oxygens (including phenoxy) is 1. The number of rotatable bonds is 5. The van der Waals surface area contributed by atoms with Gasteiger partial charge in [-0.15, -0.1) is 0 Å². The van der Waals surface area contributed by atoms with E-state index >= 15 is 0 Å². The summed E-state index contributed by atoms with van der Waals surface area (Å²) in [5.41, 5.74) is 3.32. The highest BCUT2D eigenvalue weighted by Crippen LogP contribution is 2.30. The smallest absolute Gasteiger partial charge is 0.255 e. The van der Waals surface area contributed by atoms with Gasteiger partial charge in [0, 0.05) is 29.9 Å². The molecular weight excluding hydrogens is 328 g/mol. The van der Waals surface area contributed by atoms with Crippen LogP contribution in [0.5, 0.6) is 5.75 Å². The fourth-order valence-electron chi connectivity index (χ4n) is 3.17. The zero-order valence-corrected chi connectivity index (χ0v) is 15.2. The van der Waals surface area contributed by atoms with E-state index in [9.17, 15) is 9.59 Å². The molecule has 2 aromatic rings. The van der Waals surface area contributed by atoms with Gasteiger partial charge in [-0.1, -0.05) is 13.0 Å². The molecule has 1 heterocycles. The van der Waals surface area contributed by atoms with Crippen molar-refractivity contribution in [3.63, 3.8) is 0 Å². The Morgan fingerprint density at radius 1 is 1.12 bits per heavy atom. The zero-order chi connectivity index (χ0) is 18.5. The van der Waals surface area contributed by atoms with Gasteiger partial charge in [-0.25, -0.2) is 0 Å². The molecule has 0 aromatic heterocycles. The monoisotopic (exact) mass is 352 g/mol. The van der Waals surface area contributed by atoms with Crippen LogP contribution >= 0.6 is 0 Å². The Labute approximate surface area is 154 Å². The van der Waals surface area contributed by atoms with Gasteiger partial charge in [0.05, 0.1) is 6.61 Å². The van der Waals surface area contributed by atoms with Crippen molar-refractivity contribution in [3.8, 4) is 5.75 Å². The lowest BCUT2D eigenvalue weighted by atomic mass is 10.0. The number of hydrogen-bond donors (Lipinski definition) is 1. The molecule has 26 heavy (non-hydrogen) atoms. The summed E-state index contributed by atoms with van der Waals surface area (Å²) in [5, 5.41) is 2.92. The van der Waals surface area contributed by atoms with E-state index in [1.807, 2.05) is 36.9 Å². The van der Waals surface area contributed by atoms with E-state index in [0.29, 0.717) is 24.3 Å². The number of benzene rings is 2. The van der Waals surface area contributed by atoms with Crippen LogP contribution in [0.4, 0.5) is 11.4 Å². The molecule has 0 fully saturated rings. The lowest BCUT2D eigenvalue weighted by Crippen LogP contribution is -2.35. The molecule has 5 nitrogen and oxygen atoms in total. The van der Waals surface area contributed by atoms with Gasteiger partial charge in [-0.2, -0.15) is 0 Å². The molecule has 2 amide bonds. The molecule has 0 spiro atoms. The Morgan fingerprint density at radius 3 is 2.58 bits per heavy atom. The number of nitrogens with one attached hydrogen (secondary N) is 1. The number of hydrogen-bond acceptors (Lipinski definition) is 3. The Bertz CT molecular complexity index is 799. The fourth-order valence-corrected chi connectivity index (χ4v) is 3.17. The normalized spacial score (nSPS) is 13.1. The topological polar surface area (TPSA) is 58.6 Å². The van der Waals surface area contributed by atoms with Crippen molar-refractivity contribution in [1.29, 1.82) is 0 Å². The summed E-state index contributed by atoms with van der Waals surface area (Å²) in [4.78, 5) is 26.5. The first-order valence-electron chi connectivity index (χ1n) is 9.10. The standard InChI is InChI=1S/C21H24N2O3/c1-3-20(24)23-13-5-6-15-7-10-17(14-19(15)23)22-21(25)16-8-11-18(12-9-16)26-4-2/h7-12,14H,3-6,13H2,1-2H3,(H,22,25). The van der Waals surface area contributed by atoms with E-state index in [4.69, 9.17) is 4.74 Å². The molecule has 0 aliphatic carbocycles. The Morgan fingerprint density at radius 2 is 1.88 bits per heavy atom. The zero-order valence-electron chi connectivity index (χ0n) is 15.2. The van der Waals surface area contributed by atoms with Crippen LogP contribution in [0.2, 0.25) is 0 Å². The van der Waals surface area contributed by atoms with Gasteiger partial charge in [-0.05, 0) is 61.7 Å². The predicted octanol–water partition coefficient (Wildman–Crippen LogP) is 4.03. The second-order valence-electron chi connectivity index (χ2n) is 6.26. The fraction of sp³-hybridized carbons (Fsp3) is 0.333. The van der Waals surface area contributed by atoms with Gasteiger partial charge in [0.1, 0.15) is 5.75 Å². The highest BCUT2D eigenvalue weighted by atomic mass is 16.5. The number of nitrogens with zero attached hydrogens (tertiary/aromatic N) is 1. The summed E-state index contributed by atoms with van der Waals surface area (Å²) < 4.78 is 5.40. The number of carbonyl (C=O) groups excluding carboxylic acids is 2. The van der Waals surface area contributed by atoms with E-state index in [2.05, 4.69) is 5.32 Å². The average Bonchev–Trinajstić information content (AvgIpc) is 2.67. The minimum atomic E-state index is -0.183. The van der Waals surface area contributed by atoms with Crippen molar-refractivity contribution in [2.75, 3.05) is 23.4 Å². The van der Waals surface area contributed by atoms with E-state index in [1.165, 1.54) is 0 Å². The van der Waals surface area contributed by atoms with E-state index in [0.717, 1.165) is 36.4 Å². The number of carbonyl (C=O) groups is 2. The molecule has 0 radical (unpaired) electrons. The van der Waals surface area contributed by atoms with Crippen LogP contribution in [0.3, 0.4) is 0 Å². The summed E-state index contributed by atoms with van der Waals surface area (Å²) in [7, 11) is 0. The second-order valence-corrected chi connectivity index (χ2v) is 6.26. The van der Waals surface area contributed by atoms with Crippen LogP contribution in [0, 0.1) is 0 Å². The molecule has 1 aliphatic rings. The maximum Gasteiger partial charge on any atom is 0.255 e. The van der Waals surface area contributed by atoms with Crippen molar-refractivity contribution in [1.82, 2.24) is 0 Å². The lowest BCUT2D eigenvalue weighted by molar-refractivity contribution is -0.118. The molecule has 0 atom stereocenters. The van der Waals surface area contributed by atoms with Gasteiger partial charge in [0.15, 0.2) is 0 Å². The average molecular weight is 352 g/mol. The van der Waals surface area contributed by atoms with E-state index in [1.54, 1.807) is 24.3 Å². The molecular formula is C21H24N2O3. The van der Waals surface area contributed by atoms with Crippen LogP contribution < -0.4 is 15.0 Å². The van der Waals surface area contributed by atoms with Crippen molar-refractivity contribution in [3.05, 3.63) is 53.6 Å². The van der Waals surface area contributed by atoms with Crippen LogP contribution in [0.15, 0.2) is 42.5 Å². The summed E-state index contributed by atoms with van der Waals surface area (Å²) in [6.45, 7) is 5.11. The Kier molecular flexibility index (Phi) is 5.56. The predicted molar refractivity (Wildman–Crippen MR) is 103 cm³/mol. The molecule has 1 aliphatic heterocycles. The number of anilines is 2. The molecule has 1 N–H and O–H groups in total. The van der Waals surface area contributed by atoms with Crippen LogP contribution in [0.25, 0.3) is 0 Å². The Hall–Kier alpha value is -2.82. The molecule has 5 heteroatoms. The lowest BCUT2D eigenvalue weighted by Gasteiger charge is -2.29. The highest BCUT2D eigenvalue weighted by Gasteiger charge is 2.22. The van der Waals surface area contributed by atoms with Crippen molar-refractivity contribution in [2.45, 2.75) is 33.1 Å². The molecule has 2 aromatic carbocycles. The van der Waals surface area contributed by atoms with E-state index < -0.39 is 0 Å². The first kappa shape index (κ1) is 18.0. The quantitative estimate of drug-likeness (QED) is 0.884. The van der Waals surface area contributed by atoms with Gasteiger partial charge in [0.25, 0.3) is 5.91 Å². The summed E-state index contributed by atoms with van der Waals surface area (Å²) in [6, 6.07) is 12.8. The van der Waals surface area contributed by atoms with Crippen LogP contribution in [0.1, 0.15) is 42.6 Å². The molecule has 0 unspecified atom stereocenters. The minimum absolute atomic E-state index is 0.112. The van der Waals surface area contributed by atoms with Crippen molar-refractivity contribution in [2.24, 2.45) is 0 Å². The minimum Gasteiger partial charge on any atom is -0.494 e. The largest absolute Gasteiger partial charge is 0.494 e. The van der Waals surface area contributed by atoms with Gasteiger partial charge >= 0.3 is 0 Å². The third kappa shape index (κ3) is 3.87. The number of aryl methyl sites for hydroxylation is 1. The number of fused-ring (bicyclic) bond motifs is 1. The molecule has 0 saturated heterocycles. The van der Waals surface area contributed by atoms with E-state index in [-0.39, 0.29) is 11.8 Å². The maximum absolute atomic E-state index is 12.5. The van der Waals surface area contributed by atoms with Crippen molar-refractivity contribution < 1.29 is 14.3 Å². The SMILES string of the molecule is CCOc1ccc(C(=O)Nc2ccc3c(c2)N(C(=O)CC)CCC3)cc1. The second kappa shape index (κ2) is 8.04. The first-order chi connectivity index (χ1) is 12.6. The highest BCUT2D eigenvalue weighted by molar-refractivity contribution is 6.05. The third-order valence-corrected chi connectivity index (χ3v) is 4.49. The van der Waals surface area contributed by atoms with Gasteiger partial charge < -0.3 is 15.0 Å². The van der Waals surface area contributed by atoms with Gasteiger partial charge in [-0.3, -0.25) is 9.59 Å². The Balaban J connectivity index is 1.77. The maximum atomic E-state index is 12.5. The number of amides is 2. The third-order valence-electron chi connectivity index (χ3n) is 4.49. The summed E-state index contributed by atoms with van der Waals surface area (Å²) >= 11 is 0. The van der Waals surface area contributed by atoms with Crippen LogP contribution in [-0.4, -0.2) is 25.0 Å². The van der Waals surface area contributed by atoms with Crippen molar-refractivity contribution >= 4 is 23.2 Å². The summed E-state index contributed by atoms with van der Waals surface area (Å²) in [6.07, 6.45) is 2.40. The molecule has 0 saturated carbocycles. The molecule has 0 bridgehead atoms.